The second-order valence-electron chi connectivity index (χ2n) is 6.91. The molecule has 25 heavy (non-hydrogen) atoms. The second kappa shape index (κ2) is 6.74. The monoisotopic (exact) mass is 334 g/mol. The summed E-state index contributed by atoms with van der Waals surface area (Å²) in [6, 6.07) is 5.98. The average Bonchev–Trinajstić information content (AvgIpc) is 3.03. The van der Waals surface area contributed by atoms with E-state index < -0.39 is 0 Å². The van der Waals surface area contributed by atoms with Crippen LogP contribution < -0.4 is 16.5 Å². The van der Waals surface area contributed by atoms with Crippen LogP contribution in [-0.2, 0) is 6.54 Å². The molecule has 6 nitrogen and oxygen atoms in total. The largest absolute Gasteiger partial charge is 0.384 e. The predicted molar refractivity (Wildman–Crippen MR) is 103 cm³/mol. The topological polar surface area (TPSA) is 81.1 Å². The Bertz CT molecular complexity index is 867. The molecule has 3 aromatic heterocycles. The lowest BCUT2D eigenvalue weighted by Crippen LogP contribution is -2.13. The first-order chi connectivity index (χ1) is 12.2. The van der Waals surface area contributed by atoms with E-state index in [-0.39, 0.29) is 0 Å². The van der Waals surface area contributed by atoms with Crippen molar-refractivity contribution < 1.29 is 0 Å². The zero-order valence-electron chi connectivity index (χ0n) is 14.6. The molecule has 1 fully saturated rings. The molecule has 3 N–H and O–H groups in total. The van der Waals surface area contributed by atoms with Crippen LogP contribution >= 0.6 is 0 Å². The lowest BCUT2D eigenvalue weighted by Gasteiger charge is -2.22. The average molecular weight is 334 g/mol. The normalized spacial score (nSPS) is 15.5. The van der Waals surface area contributed by atoms with Gasteiger partial charge in [-0.2, -0.15) is 9.61 Å². The highest BCUT2D eigenvalue weighted by Crippen LogP contribution is 2.32. The van der Waals surface area contributed by atoms with Crippen molar-refractivity contribution in [3.63, 3.8) is 0 Å². The summed E-state index contributed by atoms with van der Waals surface area (Å²) in [7, 11) is 2.06. The van der Waals surface area contributed by atoms with E-state index in [0.717, 1.165) is 22.5 Å². The van der Waals surface area contributed by atoms with Crippen molar-refractivity contribution in [3.8, 4) is 0 Å². The van der Waals surface area contributed by atoms with Gasteiger partial charge in [-0.05, 0) is 29.9 Å². The summed E-state index contributed by atoms with van der Waals surface area (Å²) in [5, 5.41) is 7.98. The zero-order valence-corrected chi connectivity index (χ0v) is 14.6. The molecule has 0 amide bonds. The molecule has 1 saturated carbocycles. The summed E-state index contributed by atoms with van der Waals surface area (Å²) in [5.74, 6) is 2.08. The van der Waals surface area contributed by atoms with Gasteiger partial charge in [0.1, 0.15) is 19.5 Å². The van der Waals surface area contributed by atoms with Crippen LogP contribution in [0.2, 0.25) is 0 Å². The van der Waals surface area contributed by atoms with Crippen LogP contribution in [0.4, 0.5) is 11.6 Å². The van der Waals surface area contributed by atoms with E-state index in [1.54, 1.807) is 6.20 Å². The minimum atomic E-state index is 0.539. The molecule has 0 atom stereocenters. The fourth-order valence-electron chi connectivity index (χ4n) is 3.56. The van der Waals surface area contributed by atoms with Crippen molar-refractivity contribution in [2.45, 2.75) is 44.6 Å². The molecule has 0 spiro atoms. The number of anilines is 2. The molecule has 0 bridgehead atoms. The Kier molecular flexibility index (Phi) is 4.30. The van der Waals surface area contributed by atoms with Crippen LogP contribution in [0.15, 0.2) is 30.6 Å². The standard InChI is InChI=1S/C18H23BN6/c19-14-11-23-25-17(22-10-12-6-7-16(20)21-9-12)8-15(24-18(14)25)13-4-2-1-3-5-13/h6-9,11,13,22H,1-5,10,19H2,(H2,20,21). The third-order valence-corrected chi connectivity index (χ3v) is 5.01. The van der Waals surface area contributed by atoms with Crippen molar-refractivity contribution in [2.75, 3.05) is 11.1 Å². The van der Waals surface area contributed by atoms with Crippen LogP contribution in [0.5, 0.6) is 0 Å². The van der Waals surface area contributed by atoms with Gasteiger partial charge in [-0.15, -0.1) is 0 Å². The lowest BCUT2D eigenvalue weighted by atomic mass is 9.86. The van der Waals surface area contributed by atoms with E-state index in [0.29, 0.717) is 18.3 Å². The molecule has 0 aliphatic heterocycles. The summed E-state index contributed by atoms with van der Waals surface area (Å²) < 4.78 is 1.90. The van der Waals surface area contributed by atoms with E-state index in [9.17, 15) is 0 Å². The smallest absolute Gasteiger partial charge is 0.151 e. The number of nitrogens with two attached hydrogens (primary N) is 1. The van der Waals surface area contributed by atoms with Crippen LogP contribution in [0, 0.1) is 0 Å². The highest BCUT2D eigenvalue weighted by Gasteiger charge is 2.19. The first-order valence-corrected chi connectivity index (χ1v) is 9.00. The second-order valence-corrected chi connectivity index (χ2v) is 6.91. The number of pyridine rings is 1. The quantitative estimate of drug-likeness (QED) is 0.709. The zero-order chi connectivity index (χ0) is 17.2. The van der Waals surface area contributed by atoms with Gasteiger partial charge >= 0.3 is 0 Å². The van der Waals surface area contributed by atoms with Crippen molar-refractivity contribution in [2.24, 2.45) is 0 Å². The predicted octanol–water partition coefficient (Wildman–Crippen LogP) is 1.62. The number of hydrogen-bond donors (Lipinski definition) is 2. The van der Waals surface area contributed by atoms with Gasteiger partial charge in [-0.3, -0.25) is 0 Å². The van der Waals surface area contributed by atoms with E-state index in [1.165, 1.54) is 37.8 Å². The van der Waals surface area contributed by atoms with Gasteiger partial charge in [0, 0.05) is 36.6 Å². The Labute approximate surface area is 148 Å². The molecule has 128 valence electrons. The van der Waals surface area contributed by atoms with E-state index in [1.807, 2.05) is 22.8 Å². The number of nitrogens with zero attached hydrogens (tertiary/aromatic N) is 4. The van der Waals surface area contributed by atoms with Crippen molar-refractivity contribution in [3.05, 3.63) is 41.9 Å². The summed E-state index contributed by atoms with van der Waals surface area (Å²) in [6.07, 6.45) is 10.1. The summed E-state index contributed by atoms with van der Waals surface area (Å²) >= 11 is 0. The summed E-state index contributed by atoms with van der Waals surface area (Å²) in [4.78, 5) is 9.07. The number of nitrogen functional groups attached to an aromatic ring is 1. The van der Waals surface area contributed by atoms with Crippen molar-refractivity contribution in [1.82, 2.24) is 19.6 Å². The number of nitrogens with one attached hydrogen (secondary N) is 1. The van der Waals surface area contributed by atoms with Gasteiger partial charge in [0.25, 0.3) is 0 Å². The first-order valence-electron chi connectivity index (χ1n) is 9.00. The summed E-state index contributed by atoms with van der Waals surface area (Å²) in [5.41, 5.74) is 9.99. The molecule has 7 heteroatoms. The van der Waals surface area contributed by atoms with Gasteiger partial charge in [-0.25, -0.2) is 9.97 Å². The van der Waals surface area contributed by atoms with Crippen molar-refractivity contribution in [1.29, 1.82) is 0 Å². The van der Waals surface area contributed by atoms with Gasteiger partial charge in [0.2, 0.25) is 0 Å². The Morgan fingerprint density at radius 1 is 1.20 bits per heavy atom. The molecular weight excluding hydrogens is 311 g/mol. The van der Waals surface area contributed by atoms with Gasteiger partial charge < -0.3 is 11.1 Å². The van der Waals surface area contributed by atoms with Crippen LogP contribution in [-0.4, -0.2) is 27.4 Å². The molecule has 0 radical (unpaired) electrons. The fraction of sp³-hybridized carbons (Fsp3) is 0.389. The Balaban J connectivity index is 1.64. The minimum absolute atomic E-state index is 0.539. The molecule has 1 aliphatic carbocycles. The number of rotatable bonds is 4. The Morgan fingerprint density at radius 2 is 2.04 bits per heavy atom. The van der Waals surface area contributed by atoms with E-state index >= 15 is 0 Å². The van der Waals surface area contributed by atoms with Gasteiger partial charge in [0.05, 0.1) is 0 Å². The molecule has 3 aromatic rings. The first kappa shape index (κ1) is 15.9. The maximum atomic E-state index is 5.66. The Hall–Kier alpha value is -2.57. The number of fused-ring (bicyclic) bond motifs is 1. The Morgan fingerprint density at radius 3 is 2.80 bits per heavy atom. The lowest BCUT2D eigenvalue weighted by molar-refractivity contribution is 0.437. The molecule has 0 saturated heterocycles. The van der Waals surface area contributed by atoms with E-state index in [2.05, 4.69) is 29.3 Å². The molecular formula is C18H23BN6. The number of aromatic nitrogens is 4. The SMILES string of the molecule is Bc1cnn2c(NCc3ccc(N)nc3)cc(C3CCCCC3)nc12. The molecule has 1 aliphatic rings. The summed E-state index contributed by atoms with van der Waals surface area (Å²) in [6.45, 7) is 0.676. The van der Waals surface area contributed by atoms with Crippen LogP contribution in [0.25, 0.3) is 5.65 Å². The van der Waals surface area contributed by atoms with Crippen LogP contribution in [0.3, 0.4) is 0 Å². The maximum Gasteiger partial charge on any atom is 0.151 e. The molecule has 0 unspecified atom stereocenters. The molecule has 4 rings (SSSR count). The highest BCUT2D eigenvalue weighted by molar-refractivity contribution is 6.36. The van der Waals surface area contributed by atoms with Crippen LogP contribution in [0.1, 0.15) is 49.3 Å². The third-order valence-electron chi connectivity index (χ3n) is 5.01. The fourth-order valence-corrected chi connectivity index (χ4v) is 3.56. The maximum absolute atomic E-state index is 5.66. The molecule has 3 heterocycles. The van der Waals surface area contributed by atoms with Gasteiger partial charge in [-0.1, -0.05) is 25.3 Å². The third kappa shape index (κ3) is 3.31. The van der Waals surface area contributed by atoms with E-state index in [4.69, 9.17) is 10.7 Å². The van der Waals surface area contributed by atoms with Crippen molar-refractivity contribution >= 4 is 30.6 Å². The highest BCUT2D eigenvalue weighted by atomic mass is 15.3. The molecule has 0 aromatic carbocycles. The number of hydrogen-bond acceptors (Lipinski definition) is 5. The van der Waals surface area contributed by atoms with Gasteiger partial charge in [0.15, 0.2) is 5.65 Å². The minimum Gasteiger partial charge on any atom is -0.384 e.